The lowest BCUT2D eigenvalue weighted by atomic mass is 10.1. The summed E-state index contributed by atoms with van der Waals surface area (Å²) in [5.74, 6) is 0.267. The van der Waals surface area contributed by atoms with Gasteiger partial charge in [-0.15, -0.1) is 0 Å². The first kappa shape index (κ1) is 11.0. The molecule has 0 bridgehead atoms. The quantitative estimate of drug-likeness (QED) is 0.640. The predicted molar refractivity (Wildman–Crippen MR) is 66.2 cm³/mol. The zero-order valence-corrected chi connectivity index (χ0v) is 10.6. The third kappa shape index (κ3) is 1.39. The van der Waals surface area contributed by atoms with Crippen LogP contribution in [0.2, 0.25) is 5.15 Å². The number of esters is 1. The molecule has 2 aromatic heterocycles. The third-order valence-corrected chi connectivity index (χ3v) is 4.22. The summed E-state index contributed by atoms with van der Waals surface area (Å²) in [6, 6.07) is 0. The van der Waals surface area contributed by atoms with Gasteiger partial charge in [0.15, 0.2) is 10.8 Å². The van der Waals surface area contributed by atoms with E-state index in [9.17, 15) is 4.79 Å². The van der Waals surface area contributed by atoms with Crippen molar-refractivity contribution in [1.82, 2.24) is 19.5 Å². The summed E-state index contributed by atoms with van der Waals surface area (Å²) in [7, 11) is 0. The van der Waals surface area contributed by atoms with Crippen LogP contribution in [-0.4, -0.2) is 32.1 Å². The van der Waals surface area contributed by atoms with E-state index in [0.29, 0.717) is 30.2 Å². The maximum absolute atomic E-state index is 11.8. The van der Waals surface area contributed by atoms with Crippen LogP contribution in [-0.2, 0) is 16.1 Å². The summed E-state index contributed by atoms with van der Waals surface area (Å²) in [4.78, 5) is 23.9. The third-order valence-electron chi connectivity index (χ3n) is 3.95. The summed E-state index contributed by atoms with van der Waals surface area (Å²) in [5.41, 5.74) is 6.17. The molecule has 0 spiro atoms. The second-order valence-electron chi connectivity index (χ2n) is 5.07. The maximum atomic E-state index is 11.8. The minimum Gasteiger partial charge on any atom is -0.465 e. The second kappa shape index (κ2) is 3.36. The number of cyclic esters (lactones) is 1. The molecular formula is C11H10ClN5O2. The molecule has 2 aromatic rings. The molecule has 0 radical (unpaired) electrons. The van der Waals surface area contributed by atoms with Gasteiger partial charge >= 0.3 is 5.97 Å². The van der Waals surface area contributed by atoms with Crippen molar-refractivity contribution in [3.8, 4) is 0 Å². The van der Waals surface area contributed by atoms with E-state index in [4.69, 9.17) is 22.1 Å². The topological polar surface area (TPSA) is 95.9 Å². The van der Waals surface area contributed by atoms with Gasteiger partial charge in [-0.3, -0.25) is 4.79 Å². The van der Waals surface area contributed by atoms with Gasteiger partial charge in [-0.05, 0) is 6.42 Å². The summed E-state index contributed by atoms with van der Waals surface area (Å²) in [6.07, 6.45) is 2.47. The summed E-state index contributed by atoms with van der Waals surface area (Å²) < 4.78 is 6.88. The molecule has 1 aliphatic heterocycles. The highest BCUT2D eigenvalue weighted by Crippen LogP contribution is 2.59. The van der Waals surface area contributed by atoms with Crippen LogP contribution in [0.3, 0.4) is 0 Å². The van der Waals surface area contributed by atoms with Crippen molar-refractivity contribution in [2.75, 3.05) is 12.3 Å². The number of carbonyl (C=O) groups is 1. The van der Waals surface area contributed by atoms with Gasteiger partial charge in [0.05, 0.1) is 18.3 Å². The molecule has 2 N–H and O–H groups in total. The molecule has 7 nitrogen and oxygen atoms in total. The first-order chi connectivity index (χ1) is 9.10. The number of aromatic nitrogens is 4. The monoisotopic (exact) mass is 279 g/mol. The van der Waals surface area contributed by atoms with Crippen molar-refractivity contribution in [3.63, 3.8) is 0 Å². The van der Waals surface area contributed by atoms with Crippen LogP contribution in [0.5, 0.6) is 0 Å². The van der Waals surface area contributed by atoms with E-state index in [1.807, 2.05) is 4.57 Å². The van der Waals surface area contributed by atoms with Crippen LogP contribution in [0, 0.1) is 11.3 Å². The molecule has 3 heterocycles. The van der Waals surface area contributed by atoms with E-state index in [-0.39, 0.29) is 17.1 Å². The lowest BCUT2D eigenvalue weighted by molar-refractivity contribution is -0.145. The van der Waals surface area contributed by atoms with E-state index < -0.39 is 5.41 Å². The minimum atomic E-state index is -0.404. The number of halogens is 1. The van der Waals surface area contributed by atoms with Crippen LogP contribution in [0.25, 0.3) is 11.2 Å². The Balaban J connectivity index is 1.79. The van der Waals surface area contributed by atoms with Gasteiger partial charge in [-0.2, -0.15) is 9.97 Å². The molecule has 19 heavy (non-hydrogen) atoms. The number of hydrogen-bond acceptors (Lipinski definition) is 6. The van der Waals surface area contributed by atoms with Crippen LogP contribution in [0.1, 0.15) is 6.42 Å². The van der Waals surface area contributed by atoms with Crippen LogP contribution in [0.4, 0.5) is 5.95 Å². The van der Waals surface area contributed by atoms with E-state index in [0.717, 1.165) is 6.42 Å². The van der Waals surface area contributed by atoms with Gasteiger partial charge in [-0.25, -0.2) is 4.98 Å². The number of imidazole rings is 1. The largest absolute Gasteiger partial charge is 0.465 e. The molecule has 1 saturated carbocycles. The first-order valence-corrected chi connectivity index (χ1v) is 6.29. The van der Waals surface area contributed by atoms with Gasteiger partial charge in [0.1, 0.15) is 5.52 Å². The fourth-order valence-corrected chi connectivity index (χ4v) is 3.08. The van der Waals surface area contributed by atoms with Gasteiger partial charge in [0, 0.05) is 12.5 Å². The van der Waals surface area contributed by atoms with E-state index in [1.165, 1.54) is 0 Å². The first-order valence-electron chi connectivity index (χ1n) is 5.91. The maximum Gasteiger partial charge on any atom is 0.314 e. The highest BCUT2D eigenvalue weighted by molar-refractivity contribution is 6.33. The van der Waals surface area contributed by atoms with Crippen LogP contribution in [0.15, 0.2) is 6.33 Å². The van der Waals surface area contributed by atoms with Crippen molar-refractivity contribution < 1.29 is 9.53 Å². The Labute approximate surface area is 112 Å². The zero-order chi connectivity index (χ0) is 13.2. The van der Waals surface area contributed by atoms with Crippen molar-refractivity contribution in [1.29, 1.82) is 0 Å². The van der Waals surface area contributed by atoms with Crippen LogP contribution < -0.4 is 5.73 Å². The molecule has 2 aliphatic rings. The molecule has 1 saturated heterocycles. The van der Waals surface area contributed by atoms with Crippen LogP contribution >= 0.6 is 11.6 Å². The Morgan fingerprint density at radius 3 is 3.11 bits per heavy atom. The number of nitrogen functional groups attached to an aromatic ring is 1. The highest BCUT2D eigenvalue weighted by atomic mass is 35.5. The number of hydrogen-bond donors (Lipinski definition) is 1. The Bertz CT molecular complexity index is 714. The van der Waals surface area contributed by atoms with E-state index >= 15 is 0 Å². The summed E-state index contributed by atoms with van der Waals surface area (Å²) >= 11 is 6.08. The number of nitrogens with zero attached hydrogens (tertiary/aromatic N) is 4. The minimum absolute atomic E-state index is 0.0884. The molecule has 0 unspecified atom stereocenters. The van der Waals surface area contributed by atoms with E-state index in [2.05, 4.69) is 15.0 Å². The summed E-state index contributed by atoms with van der Waals surface area (Å²) in [6.45, 7) is 1.02. The second-order valence-corrected chi connectivity index (χ2v) is 5.43. The molecule has 4 rings (SSSR count). The van der Waals surface area contributed by atoms with Crippen molar-refractivity contribution >= 4 is 34.7 Å². The van der Waals surface area contributed by atoms with Crippen molar-refractivity contribution in [3.05, 3.63) is 11.5 Å². The highest BCUT2D eigenvalue weighted by Gasteiger charge is 2.66. The Morgan fingerprint density at radius 2 is 2.42 bits per heavy atom. The molecule has 2 atom stereocenters. The van der Waals surface area contributed by atoms with Gasteiger partial charge in [0.25, 0.3) is 0 Å². The average Bonchev–Trinajstić information content (AvgIpc) is 2.78. The Kier molecular flexibility index (Phi) is 1.94. The number of ether oxygens (including phenoxy) is 1. The molecule has 8 heteroatoms. The fourth-order valence-electron chi connectivity index (χ4n) is 2.80. The molecule has 2 fully saturated rings. The van der Waals surface area contributed by atoms with Crippen molar-refractivity contribution in [2.45, 2.75) is 13.0 Å². The van der Waals surface area contributed by atoms with Gasteiger partial charge < -0.3 is 15.0 Å². The number of anilines is 1. The predicted octanol–water partition coefficient (Wildman–Crippen LogP) is 0.625. The summed E-state index contributed by atoms with van der Waals surface area (Å²) in [5, 5.41) is 0.250. The average molecular weight is 280 g/mol. The lowest BCUT2D eigenvalue weighted by Crippen LogP contribution is -2.20. The lowest BCUT2D eigenvalue weighted by Gasteiger charge is -2.11. The SMILES string of the molecule is Nc1nc(Cl)c2c(ncn2C[C@]23C[C@H]2COC3=O)n1. The molecule has 0 aromatic carbocycles. The number of rotatable bonds is 2. The molecule has 98 valence electrons. The molecular weight excluding hydrogens is 270 g/mol. The Hall–Kier alpha value is -1.89. The number of carbonyl (C=O) groups excluding carboxylic acids is 1. The van der Waals surface area contributed by atoms with Gasteiger partial charge in [0.2, 0.25) is 5.95 Å². The van der Waals surface area contributed by atoms with Gasteiger partial charge in [-0.1, -0.05) is 11.6 Å². The van der Waals surface area contributed by atoms with Crippen molar-refractivity contribution in [2.24, 2.45) is 11.3 Å². The molecule has 0 amide bonds. The smallest absolute Gasteiger partial charge is 0.314 e. The fraction of sp³-hybridized carbons (Fsp3) is 0.455. The number of nitrogens with two attached hydrogens (primary N) is 1. The molecule has 1 aliphatic carbocycles. The number of fused-ring (bicyclic) bond motifs is 2. The Morgan fingerprint density at radius 1 is 1.58 bits per heavy atom. The zero-order valence-electron chi connectivity index (χ0n) is 9.84. The van der Waals surface area contributed by atoms with E-state index in [1.54, 1.807) is 6.33 Å². The normalized spacial score (nSPS) is 28.5. The standard InChI is InChI=1S/C11H10ClN5O2/c12-7-6-8(16-10(13)15-7)14-4-17(6)3-11-1-5(11)2-19-9(11)18/h4-5H,1-3H2,(H2,13,15,16)/t5-,11+/m0/s1.